The standard InChI is InChI=1S/C9H4BrCl2F3O/c10-3-7(16)8-5(11)1-4(2-6(8)12)9(13,14)15/h1-2H,3H2. The number of hydrogen-bond acceptors (Lipinski definition) is 1. The van der Waals surface area contributed by atoms with E-state index in [-0.39, 0.29) is 20.9 Å². The zero-order valence-corrected chi connectivity index (χ0v) is 10.6. The van der Waals surface area contributed by atoms with E-state index in [1.807, 2.05) is 0 Å². The lowest BCUT2D eigenvalue weighted by Crippen LogP contribution is -2.08. The van der Waals surface area contributed by atoms with Crippen LogP contribution in [0.5, 0.6) is 0 Å². The van der Waals surface area contributed by atoms with Crippen LogP contribution in [0.4, 0.5) is 13.2 Å². The first kappa shape index (κ1) is 13.8. The second-order valence-corrected chi connectivity index (χ2v) is 4.24. The van der Waals surface area contributed by atoms with Crippen LogP contribution >= 0.6 is 39.1 Å². The maximum absolute atomic E-state index is 12.4. The van der Waals surface area contributed by atoms with Crippen molar-refractivity contribution in [2.24, 2.45) is 0 Å². The Labute approximate surface area is 108 Å². The lowest BCUT2D eigenvalue weighted by atomic mass is 10.1. The predicted octanol–water partition coefficient (Wildman–Crippen LogP) is 4.59. The topological polar surface area (TPSA) is 17.1 Å². The number of carbonyl (C=O) groups excluding carboxylic acids is 1. The number of benzene rings is 1. The van der Waals surface area contributed by atoms with Crippen LogP contribution in [-0.2, 0) is 6.18 Å². The molecule has 88 valence electrons. The average Bonchev–Trinajstić information content (AvgIpc) is 2.14. The summed E-state index contributed by atoms with van der Waals surface area (Å²) in [6.45, 7) is 0. The van der Waals surface area contributed by atoms with Gasteiger partial charge in [-0.2, -0.15) is 13.2 Å². The fraction of sp³-hybridized carbons (Fsp3) is 0.222. The van der Waals surface area contributed by atoms with E-state index in [0.29, 0.717) is 12.1 Å². The first-order chi connectivity index (χ1) is 7.27. The quantitative estimate of drug-likeness (QED) is 0.570. The molecule has 0 unspecified atom stereocenters. The summed E-state index contributed by atoms with van der Waals surface area (Å²) in [5.41, 5.74) is -1.08. The molecule has 0 radical (unpaired) electrons. The summed E-state index contributed by atoms with van der Waals surface area (Å²) in [4.78, 5) is 11.3. The Morgan fingerprint density at radius 2 is 1.69 bits per heavy atom. The van der Waals surface area contributed by atoms with E-state index >= 15 is 0 Å². The van der Waals surface area contributed by atoms with Crippen molar-refractivity contribution in [3.63, 3.8) is 0 Å². The van der Waals surface area contributed by atoms with E-state index in [0.717, 1.165) is 0 Å². The Bertz CT molecular complexity index is 408. The number of ketones is 1. The SMILES string of the molecule is O=C(CBr)c1c(Cl)cc(C(F)(F)F)cc1Cl. The molecule has 1 rings (SSSR count). The van der Waals surface area contributed by atoms with E-state index in [1.165, 1.54) is 0 Å². The molecule has 0 saturated heterocycles. The number of Topliss-reactive ketones (excluding diaryl/α,β-unsaturated/α-hetero) is 1. The van der Waals surface area contributed by atoms with Crippen molar-refractivity contribution in [2.45, 2.75) is 6.18 Å². The minimum absolute atomic E-state index is 0.0577. The highest BCUT2D eigenvalue weighted by Gasteiger charge is 2.32. The molecule has 0 spiro atoms. The summed E-state index contributed by atoms with van der Waals surface area (Å²) in [6, 6.07) is 1.37. The van der Waals surface area contributed by atoms with Crippen molar-refractivity contribution in [3.05, 3.63) is 33.3 Å². The third-order valence-corrected chi connectivity index (χ3v) is 2.88. The Hall–Kier alpha value is -0.260. The highest BCUT2D eigenvalue weighted by Crippen LogP contribution is 2.36. The maximum atomic E-state index is 12.4. The lowest BCUT2D eigenvalue weighted by Gasteiger charge is -2.10. The van der Waals surface area contributed by atoms with Crippen molar-refractivity contribution in [1.82, 2.24) is 0 Å². The van der Waals surface area contributed by atoms with Crippen LogP contribution in [0.25, 0.3) is 0 Å². The van der Waals surface area contributed by atoms with E-state index < -0.39 is 17.5 Å². The van der Waals surface area contributed by atoms with Crippen LogP contribution in [0, 0.1) is 0 Å². The molecule has 0 fully saturated rings. The van der Waals surface area contributed by atoms with Crippen molar-refractivity contribution in [2.75, 3.05) is 5.33 Å². The van der Waals surface area contributed by atoms with Crippen LogP contribution in [0.3, 0.4) is 0 Å². The predicted molar refractivity (Wildman–Crippen MR) is 59.6 cm³/mol. The van der Waals surface area contributed by atoms with Gasteiger partial charge >= 0.3 is 6.18 Å². The molecule has 0 aliphatic rings. The van der Waals surface area contributed by atoms with Crippen LogP contribution in [0.1, 0.15) is 15.9 Å². The second kappa shape index (κ2) is 4.94. The molecule has 0 aliphatic heterocycles. The molecule has 1 aromatic carbocycles. The van der Waals surface area contributed by atoms with Gasteiger partial charge in [0.25, 0.3) is 0 Å². The van der Waals surface area contributed by atoms with E-state index in [9.17, 15) is 18.0 Å². The number of halogens is 6. The Morgan fingerprint density at radius 1 is 1.25 bits per heavy atom. The second-order valence-electron chi connectivity index (χ2n) is 2.87. The summed E-state index contributed by atoms with van der Waals surface area (Å²) in [7, 11) is 0. The van der Waals surface area contributed by atoms with Gasteiger partial charge in [0.1, 0.15) is 0 Å². The first-order valence-corrected chi connectivity index (χ1v) is 5.80. The third kappa shape index (κ3) is 2.90. The summed E-state index contributed by atoms with van der Waals surface area (Å²) >= 11 is 14.1. The largest absolute Gasteiger partial charge is 0.416 e. The molecule has 0 aliphatic carbocycles. The monoisotopic (exact) mass is 334 g/mol. The highest BCUT2D eigenvalue weighted by molar-refractivity contribution is 9.09. The molecule has 0 heterocycles. The summed E-state index contributed by atoms with van der Waals surface area (Å²) in [5.74, 6) is -0.469. The molecule has 0 atom stereocenters. The highest BCUT2D eigenvalue weighted by atomic mass is 79.9. The van der Waals surface area contributed by atoms with Crippen LogP contribution in [0.2, 0.25) is 10.0 Å². The molecular weight excluding hydrogens is 332 g/mol. The molecule has 7 heteroatoms. The molecule has 1 aromatic rings. The van der Waals surface area contributed by atoms with E-state index in [2.05, 4.69) is 15.9 Å². The van der Waals surface area contributed by atoms with Crippen molar-refractivity contribution >= 4 is 44.9 Å². The van der Waals surface area contributed by atoms with Crippen LogP contribution in [0.15, 0.2) is 12.1 Å². The van der Waals surface area contributed by atoms with E-state index in [1.54, 1.807) is 0 Å². The summed E-state index contributed by atoms with van der Waals surface area (Å²) in [6.07, 6.45) is -4.54. The third-order valence-electron chi connectivity index (χ3n) is 1.77. The Balaban J connectivity index is 3.34. The van der Waals surface area contributed by atoms with Gasteiger partial charge in [0, 0.05) is 0 Å². The van der Waals surface area contributed by atoms with Gasteiger partial charge in [-0.1, -0.05) is 39.1 Å². The molecule has 16 heavy (non-hydrogen) atoms. The molecule has 0 N–H and O–H groups in total. The van der Waals surface area contributed by atoms with Gasteiger partial charge in [0.2, 0.25) is 0 Å². The summed E-state index contributed by atoms with van der Waals surface area (Å²) < 4.78 is 37.1. The number of rotatable bonds is 2. The summed E-state index contributed by atoms with van der Waals surface area (Å²) in [5, 5.41) is -0.661. The van der Waals surface area contributed by atoms with Gasteiger partial charge in [-0.05, 0) is 12.1 Å². The van der Waals surface area contributed by atoms with Gasteiger partial charge in [0.05, 0.1) is 26.5 Å². The average molecular weight is 336 g/mol. The van der Waals surface area contributed by atoms with Crippen molar-refractivity contribution in [1.29, 1.82) is 0 Å². The molecule has 0 bridgehead atoms. The van der Waals surface area contributed by atoms with Crippen LogP contribution < -0.4 is 0 Å². The van der Waals surface area contributed by atoms with Crippen molar-refractivity contribution in [3.8, 4) is 0 Å². The molecule has 0 amide bonds. The van der Waals surface area contributed by atoms with Gasteiger partial charge in [-0.3, -0.25) is 4.79 Å². The zero-order chi connectivity index (χ0) is 12.5. The van der Waals surface area contributed by atoms with Gasteiger partial charge < -0.3 is 0 Å². The molecular formula is C9H4BrCl2F3O. The fourth-order valence-corrected chi connectivity index (χ4v) is 2.05. The minimum atomic E-state index is -4.54. The van der Waals surface area contributed by atoms with Crippen LogP contribution in [-0.4, -0.2) is 11.1 Å². The normalized spacial score (nSPS) is 11.6. The Morgan fingerprint density at radius 3 is 2.00 bits per heavy atom. The number of hydrogen-bond donors (Lipinski definition) is 0. The maximum Gasteiger partial charge on any atom is 0.416 e. The number of carbonyl (C=O) groups is 1. The minimum Gasteiger partial charge on any atom is -0.293 e. The van der Waals surface area contributed by atoms with Crippen molar-refractivity contribution < 1.29 is 18.0 Å². The van der Waals surface area contributed by atoms with E-state index in [4.69, 9.17) is 23.2 Å². The number of alkyl halides is 4. The van der Waals surface area contributed by atoms with Gasteiger partial charge in [-0.25, -0.2) is 0 Å². The molecule has 0 aromatic heterocycles. The molecule has 0 saturated carbocycles. The van der Waals surface area contributed by atoms with Gasteiger partial charge in [0.15, 0.2) is 5.78 Å². The Kier molecular flexibility index (Phi) is 4.26. The molecule has 1 nitrogen and oxygen atoms in total. The van der Waals surface area contributed by atoms with Gasteiger partial charge in [-0.15, -0.1) is 0 Å². The smallest absolute Gasteiger partial charge is 0.293 e. The lowest BCUT2D eigenvalue weighted by molar-refractivity contribution is -0.137. The first-order valence-electron chi connectivity index (χ1n) is 3.92. The fourth-order valence-electron chi connectivity index (χ4n) is 1.07. The zero-order valence-electron chi connectivity index (χ0n) is 7.54.